The van der Waals surface area contributed by atoms with Gasteiger partial charge in [0.15, 0.2) is 0 Å². The molecule has 0 bridgehead atoms. The molecule has 0 radical (unpaired) electrons. The molecule has 2 rings (SSSR count). The topological polar surface area (TPSA) is 49.8 Å². The minimum Gasteiger partial charge on any atom is -0.494 e. The highest BCUT2D eigenvalue weighted by Gasteiger charge is 2.22. The standard InChI is InChI=1S/C16H12F3NO4/c1-2-9-21-13-7-4-11(5-8-13)3-6-12-10-20-16(24-19)15(23-18)14(12)22-17/h4-5,7-8,10H,2,9H2,1H3. The molecule has 1 aromatic heterocycles. The Hall–Kier alpha value is -3.08. The van der Waals surface area contributed by atoms with Gasteiger partial charge in [-0.1, -0.05) is 18.8 Å². The van der Waals surface area contributed by atoms with E-state index in [0.29, 0.717) is 17.9 Å². The van der Waals surface area contributed by atoms with Crippen molar-refractivity contribution in [3.05, 3.63) is 41.6 Å². The van der Waals surface area contributed by atoms with Crippen LogP contribution in [0.2, 0.25) is 0 Å². The summed E-state index contributed by atoms with van der Waals surface area (Å²) in [6.45, 7) is 2.59. The van der Waals surface area contributed by atoms with Crippen LogP contribution in [0.1, 0.15) is 24.5 Å². The minimum atomic E-state index is -0.991. The van der Waals surface area contributed by atoms with Gasteiger partial charge in [0.1, 0.15) is 5.75 Å². The summed E-state index contributed by atoms with van der Waals surface area (Å²) in [7, 11) is 0. The molecule has 0 spiro atoms. The van der Waals surface area contributed by atoms with E-state index < -0.39 is 17.4 Å². The Morgan fingerprint density at radius 2 is 1.67 bits per heavy atom. The van der Waals surface area contributed by atoms with Gasteiger partial charge in [0.25, 0.3) is 5.75 Å². The van der Waals surface area contributed by atoms with Crippen molar-refractivity contribution in [2.24, 2.45) is 0 Å². The maximum absolute atomic E-state index is 12.6. The van der Waals surface area contributed by atoms with Crippen LogP contribution >= 0.6 is 0 Å². The van der Waals surface area contributed by atoms with Crippen LogP contribution in [0.3, 0.4) is 0 Å². The lowest BCUT2D eigenvalue weighted by Crippen LogP contribution is -1.95. The number of aromatic nitrogens is 1. The average molecular weight is 339 g/mol. The first-order valence-corrected chi connectivity index (χ1v) is 6.87. The molecule has 0 aliphatic heterocycles. The van der Waals surface area contributed by atoms with E-state index in [2.05, 4.69) is 31.6 Å². The zero-order valence-corrected chi connectivity index (χ0v) is 12.5. The van der Waals surface area contributed by atoms with Gasteiger partial charge < -0.3 is 4.74 Å². The van der Waals surface area contributed by atoms with Crippen LogP contribution in [0.25, 0.3) is 0 Å². The third-order valence-corrected chi connectivity index (χ3v) is 2.85. The molecule has 8 heteroatoms. The zero-order chi connectivity index (χ0) is 17.4. The zero-order valence-electron chi connectivity index (χ0n) is 12.5. The molecule has 1 heterocycles. The summed E-state index contributed by atoms with van der Waals surface area (Å²) in [6, 6.07) is 6.82. The molecule has 2 aromatic rings. The third kappa shape index (κ3) is 4.01. The van der Waals surface area contributed by atoms with Crippen molar-refractivity contribution < 1.29 is 33.1 Å². The Labute approximate surface area is 135 Å². The Balaban J connectivity index is 2.27. The summed E-state index contributed by atoms with van der Waals surface area (Å²) in [4.78, 5) is 13.5. The molecule has 0 aliphatic carbocycles. The van der Waals surface area contributed by atoms with Crippen molar-refractivity contribution in [1.82, 2.24) is 4.98 Å². The first kappa shape index (κ1) is 17.3. The van der Waals surface area contributed by atoms with Crippen LogP contribution in [-0.4, -0.2) is 11.6 Å². The minimum absolute atomic E-state index is 0.155. The summed E-state index contributed by atoms with van der Waals surface area (Å²) >= 11 is 0. The van der Waals surface area contributed by atoms with E-state index in [4.69, 9.17) is 4.74 Å². The summed E-state index contributed by atoms with van der Waals surface area (Å²) < 4.78 is 42.6. The van der Waals surface area contributed by atoms with Gasteiger partial charge in [0, 0.05) is 19.1 Å². The lowest BCUT2D eigenvalue weighted by molar-refractivity contribution is -0.0587. The molecule has 0 atom stereocenters. The maximum atomic E-state index is 12.6. The number of hydrogen-bond acceptors (Lipinski definition) is 5. The molecule has 0 saturated heterocycles. The Morgan fingerprint density at radius 1 is 0.958 bits per heavy atom. The fourth-order valence-corrected chi connectivity index (χ4v) is 1.74. The maximum Gasteiger partial charge on any atom is 0.313 e. The Morgan fingerprint density at radius 3 is 2.25 bits per heavy atom. The van der Waals surface area contributed by atoms with Crippen molar-refractivity contribution >= 4 is 0 Å². The smallest absolute Gasteiger partial charge is 0.313 e. The van der Waals surface area contributed by atoms with Gasteiger partial charge in [-0.25, -0.2) is 4.98 Å². The molecule has 0 unspecified atom stereocenters. The summed E-state index contributed by atoms with van der Waals surface area (Å²) in [6.07, 6.45) is 1.84. The predicted octanol–water partition coefficient (Wildman–Crippen LogP) is 4.06. The van der Waals surface area contributed by atoms with Crippen LogP contribution in [0.15, 0.2) is 30.5 Å². The van der Waals surface area contributed by atoms with Crippen molar-refractivity contribution in [3.8, 4) is 35.0 Å². The van der Waals surface area contributed by atoms with E-state index in [1.807, 2.05) is 6.92 Å². The van der Waals surface area contributed by atoms with Crippen LogP contribution in [0.4, 0.5) is 13.6 Å². The van der Waals surface area contributed by atoms with Gasteiger partial charge >= 0.3 is 5.88 Å². The lowest BCUT2D eigenvalue weighted by atomic mass is 10.2. The highest BCUT2D eigenvalue weighted by atomic mass is 19.3. The summed E-state index contributed by atoms with van der Waals surface area (Å²) in [5.74, 6) is 3.22. The first-order valence-electron chi connectivity index (χ1n) is 6.87. The largest absolute Gasteiger partial charge is 0.494 e. The van der Waals surface area contributed by atoms with Gasteiger partial charge in [-0.05, 0) is 30.7 Å². The van der Waals surface area contributed by atoms with E-state index in [1.54, 1.807) is 24.3 Å². The molecule has 24 heavy (non-hydrogen) atoms. The predicted molar refractivity (Wildman–Crippen MR) is 77.7 cm³/mol. The number of ether oxygens (including phenoxy) is 1. The van der Waals surface area contributed by atoms with Crippen molar-refractivity contribution in [2.75, 3.05) is 6.61 Å². The van der Waals surface area contributed by atoms with E-state index in [9.17, 15) is 13.6 Å². The number of halogens is 3. The fourth-order valence-electron chi connectivity index (χ4n) is 1.74. The van der Waals surface area contributed by atoms with E-state index in [1.165, 1.54) is 0 Å². The summed E-state index contributed by atoms with van der Waals surface area (Å²) in [5, 5.41) is 0. The highest BCUT2D eigenvalue weighted by Crippen LogP contribution is 2.38. The van der Waals surface area contributed by atoms with E-state index >= 15 is 0 Å². The van der Waals surface area contributed by atoms with Gasteiger partial charge in [-0.3, -0.25) is 14.8 Å². The number of rotatable bonds is 6. The number of benzene rings is 1. The monoisotopic (exact) mass is 339 g/mol. The Kier molecular flexibility index (Phi) is 6.14. The molecule has 0 amide bonds. The van der Waals surface area contributed by atoms with Crippen molar-refractivity contribution in [2.45, 2.75) is 13.3 Å². The Bertz CT molecular complexity index is 741. The van der Waals surface area contributed by atoms with Gasteiger partial charge in [-0.15, -0.1) is 0 Å². The number of nitrogens with zero attached hydrogens (tertiary/aromatic N) is 1. The van der Waals surface area contributed by atoms with Crippen molar-refractivity contribution in [1.29, 1.82) is 0 Å². The molecular formula is C16H12F3NO4. The SMILES string of the molecule is CCCOc1ccc(C#Cc2cnc(OF)c(OF)c2OF)cc1. The second-order valence-electron chi connectivity index (χ2n) is 4.49. The summed E-state index contributed by atoms with van der Waals surface area (Å²) in [5.41, 5.74) is 0.425. The quantitative estimate of drug-likeness (QED) is 0.743. The third-order valence-electron chi connectivity index (χ3n) is 2.85. The molecule has 0 N–H and O–H groups in total. The van der Waals surface area contributed by atoms with Crippen molar-refractivity contribution in [3.63, 3.8) is 0 Å². The lowest BCUT2D eigenvalue weighted by Gasteiger charge is -2.04. The molecule has 0 saturated carbocycles. The first-order chi connectivity index (χ1) is 11.7. The molecule has 126 valence electrons. The molecular weight excluding hydrogens is 327 g/mol. The van der Waals surface area contributed by atoms with Crippen LogP contribution in [0, 0.1) is 11.8 Å². The van der Waals surface area contributed by atoms with Gasteiger partial charge in [0.05, 0.1) is 18.4 Å². The molecule has 0 fully saturated rings. The average Bonchev–Trinajstić information content (AvgIpc) is 2.64. The normalized spacial score (nSPS) is 9.67. The van der Waals surface area contributed by atoms with Crippen LogP contribution < -0.4 is 19.6 Å². The second kappa shape index (κ2) is 8.53. The molecule has 5 nitrogen and oxygen atoms in total. The number of pyridine rings is 1. The molecule has 1 aromatic carbocycles. The molecule has 0 aliphatic rings. The van der Waals surface area contributed by atoms with E-state index in [-0.39, 0.29) is 5.56 Å². The fraction of sp³-hybridized carbons (Fsp3) is 0.188. The van der Waals surface area contributed by atoms with Crippen LogP contribution in [-0.2, 0) is 0 Å². The van der Waals surface area contributed by atoms with Gasteiger partial charge in [0.2, 0.25) is 5.75 Å². The van der Waals surface area contributed by atoms with Gasteiger partial charge in [-0.2, -0.15) is 0 Å². The highest BCUT2D eigenvalue weighted by molar-refractivity contribution is 5.58. The second-order valence-corrected chi connectivity index (χ2v) is 4.49. The van der Waals surface area contributed by atoms with E-state index in [0.717, 1.165) is 12.6 Å². The van der Waals surface area contributed by atoms with Crippen LogP contribution in [0.5, 0.6) is 23.1 Å². The number of hydrogen-bond donors (Lipinski definition) is 0.